The molecular formula is C18H26N4O3S. The van der Waals surface area contributed by atoms with Crippen LogP contribution in [0.4, 0.5) is 0 Å². The van der Waals surface area contributed by atoms with Crippen molar-refractivity contribution >= 4 is 17.7 Å². The van der Waals surface area contributed by atoms with E-state index in [0.717, 1.165) is 22.3 Å². The number of carbonyl (C=O) groups is 1. The Bertz CT molecular complexity index is 716. The Kier molecular flexibility index (Phi) is 7.47. The number of hydrogen-bond donors (Lipinski definition) is 1. The molecule has 0 saturated heterocycles. The van der Waals surface area contributed by atoms with Crippen LogP contribution in [-0.4, -0.2) is 53.3 Å². The fourth-order valence-corrected chi connectivity index (χ4v) is 3.39. The quantitative estimate of drug-likeness (QED) is 0.676. The van der Waals surface area contributed by atoms with Gasteiger partial charge >= 0.3 is 0 Å². The van der Waals surface area contributed by atoms with Gasteiger partial charge in [0.25, 0.3) is 0 Å². The Morgan fingerprint density at radius 2 is 1.88 bits per heavy atom. The molecule has 1 amide bonds. The summed E-state index contributed by atoms with van der Waals surface area (Å²) in [5.74, 6) is 1.80. The Labute approximate surface area is 158 Å². The molecule has 0 aliphatic heterocycles. The number of ether oxygens (including phenoxy) is 2. The van der Waals surface area contributed by atoms with Gasteiger partial charge in [-0.1, -0.05) is 11.8 Å². The first-order valence-electron chi connectivity index (χ1n) is 8.46. The number of aromatic nitrogens is 3. The minimum Gasteiger partial charge on any atom is -0.497 e. The van der Waals surface area contributed by atoms with E-state index in [9.17, 15) is 4.79 Å². The number of benzene rings is 1. The van der Waals surface area contributed by atoms with E-state index >= 15 is 0 Å². The van der Waals surface area contributed by atoms with E-state index < -0.39 is 0 Å². The maximum Gasteiger partial charge on any atom is 0.230 e. The van der Waals surface area contributed by atoms with E-state index in [1.54, 1.807) is 14.2 Å². The average Bonchev–Trinajstić information content (AvgIpc) is 3.04. The fraction of sp³-hybridized carbons (Fsp3) is 0.500. The Hall–Kier alpha value is -2.06. The topological polar surface area (TPSA) is 78.3 Å². The lowest BCUT2D eigenvalue weighted by atomic mass is 10.2. The molecule has 1 aromatic heterocycles. The van der Waals surface area contributed by atoms with Gasteiger partial charge in [-0.05, 0) is 45.0 Å². The van der Waals surface area contributed by atoms with Crippen LogP contribution in [0.25, 0.3) is 11.4 Å². The Morgan fingerprint density at radius 1 is 1.19 bits per heavy atom. The largest absolute Gasteiger partial charge is 0.497 e. The number of thioether (sulfide) groups is 1. The molecule has 0 fully saturated rings. The normalized spacial score (nSPS) is 12.2. The zero-order valence-corrected chi connectivity index (χ0v) is 16.7. The van der Waals surface area contributed by atoms with Gasteiger partial charge in [-0.2, -0.15) is 0 Å². The van der Waals surface area contributed by atoms with Crippen molar-refractivity contribution in [1.29, 1.82) is 0 Å². The number of carbonyl (C=O) groups excluding carboxylic acids is 1. The second-order valence-corrected chi connectivity index (χ2v) is 7.15. The van der Waals surface area contributed by atoms with Crippen molar-refractivity contribution in [2.24, 2.45) is 0 Å². The molecule has 8 heteroatoms. The van der Waals surface area contributed by atoms with Crippen LogP contribution in [0.3, 0.4) is 0 Å². The number of rotatable bonds is 9. The second-order valence-electron chi connectivity index (χ2n) is 6.21. The molecule has 0 aliphatic rings. The van der Waals surface area contributed by atoms with Crippen LogP contribution in [0.5, 0.6) is 5.75 Å². The molecule has 0 unspecified atom stereocenters. The van der Waals surface area contributed by atoms with Crippen molar-refractivity contribution in [3.8, 4) is 17.1 Å². The molecule has 0 radical (unpaired) electrons. The Balaban J connectivity index is 2.12. The molecule has 0 spiro atoms. The summed E-state index contributed by atoms with van der Waals surface area (Å²) < 4.78 is 12.3. The van der Waals surface area contributed by atoms with Gasteiger partial charge in [0.2, 0.25) is 5.91 Å². The van der Waals surface area contributed by atoms with Crippen LogP contribution < -0.4 is 10.1 Å². The summed E-state index contributed by atoms with van der Waals surface area (Å²) in [6, 6.07) is 7.84. The third-order valence-corrected chi connectivity index (χ3v) is 4.63. The van der Waals surface area contributed by atoms with Crippen LogP contribution in [0.1, 0.15) is 26.8 Å². The standard InChI is InChI=1S/C18H26N4O3S/c1-12(2)22-17(14-6-8-15(25-5)9-7-14)20-21-18(22)26-11-16(23)19-13(3)10-24-4/h6-9,12-13H,10-11H2,1-5H3,(H,19,23)/t13-/m0/s1. The van der Waals surface area contributed by atoms with Crippen molar-refractivity contribution in [2.45, 2.75) is 38.0 Å². The maximum absolute atomic E-state index is 12.1. The molecule has 1 aromatic carbocycles. The van der Waals surface area contributed by atoms with Gasteiger partial charge in [0.15, 0.2) is 11.0 Å². The summed E-state index contributed by atoms with van der Waals surface area (Å²) in [6.07, 6.45) is 0. The van der Waals surface area contributed by atoms with Gasteiger partial charge in [-0.3, -0.25) is 9.36 Å². The summed E-state index contributed by atoms with van der Waals surface area (Å²) in [4.78, 5) is 12.1. The van der Waals surface area contributed by atoms with E-state index in [-0.39, 0.29) is 23.7 Å². The third kappa shape index (κ3) is 5.22. The molecule has 1 heterocycles. The van der Waals surface area contributed by atoms with Crippen molar-refractivity contribution in [3.05, 3.63) is 24.3 Å². The minimum atomic E-state index is -0.0520. The molecule has 142 valence electrons. The van der Waals surface area contributed by atoms with E-state index in [4.69, 9.17) is 9.47 Å². The first-order valence-corrected chi connectivity index (χ1v) is 9.45. The predicted molar refractivity (Wildman–Crippen MR) is 103 cm³/mol. The zero-order valence-electron chi connectivity index (χ0n) is 15.9. The van der Waals surface area contributed by atoms with Crippen LogP contribution >= 0.6 is 11.8 Å². The van der Waals surface area contributed by atoms with Gasteiger partial charge in [0.05, 0.1) is 19.5 Å². The summed E-state index contributed by atoms with van der Waals surface area (Å²) in [5.41, 5.74) is 0.956. The second kappa shape index (κ2) is 9.59. The lowest BCUT2D eigenvalue weighted by Gasteiger charge is -2.15. The lowest BCUT2D eigenvalue weighted by molar-refractivity contribution is -0.119. The molecule has 0 saturated carbocycles. The fourth-order valence-electron chi connectivity index (χ4n) is 2.52. The summed E-state index contributed by atoms with van der Waals surface area (Å²) in [5, 5.41) is 12.2. The number of nitrogens with one attached hydrogen (secondary N) is 1. The summed E-state index contributed by atoms with van der Waals surface area (Å²) in [7, 11) is 3.25. The smallest absolute Gasteiger partial charge is 0.230 e. The van der Waals surface area contributed by atoms with E-state index in [1.165, 1.54) is 11.8 Å². The lowest BCUT2D eigenvalue weighted by Crippen LogP contribution is -2.36. The van der Waals surface area contributed by atoms with Crippen LogP contribution in [0, 0.1) is 0 Å². The average molecular weight is 378 g/mol. The summed E-state index contributed by atoms with van der Waals surface area (Å²) in [6.45, 7) is 6.53. The van der Waals surface area contributed by atoms with Gasteiger partial charge in [-0.15, -0.1) is 10.2 Å². The third-order valence-electron chi connectivity index (χ3n) is 3.69. The molecule has 0 aliphatic carbocycles. The highest BCUT2D eigenvalue weighted by Gasteiger charge is 2.18. The first-order chi connectivity index (χ1) is 12.5. The maximum atomic E-state index is 12.1. The Morgan fingerprint density at radius 3 is 2.46 bits per heavy atom. The highest BCUT2D eigenvalue weighted by Crippen LogP contribution is 2.28. The number of hydrogen-bond acceptors (Lipinski definition) is 6. The highest BCUT2D eigenvalue weighted by atomic mass is 32.2. The van der Waals surface area contributed by atoms with Gasteiger partial charge in [0, 0.05) is 24.8 Å². The monoisotopic (exact) mass is 378 g/mol. The van der Waals surface area contributed by atoms with Crippen molar-refractivity contribution in [2.75, 3.05) is 26.6 Å². The van der Waals surface area contributed by atoms with E-state index in [2.05, 4.69) is 29.4 Å². The molecule has 2 aromatic rings. The molecular weight excluding hydrogens is 352 g/mol. The molecule has 7 nitrogen and oxygen atoms in total. The predicted octanol–water partition coefficient (Wildman–Crippen LogP) is 2.78. The number of nitrogens with zero attached hydrogens (tertiary/aromatic N) is 3. The van der Waals surface area contributed by atoms with E-state index in [0.29, 0.717) is 6.61 Å². The number of amides is 1. The molecule has 2 rings (SSSR count). The first kappa shape index (κ1) is 20.3. The van der Waals surface area contributed by atoms with Gasteiger partial charge < -0.3 is 14.8 Å². The van der Waals surface area contributed by atoms with Gasteiger partial charge in [-0.25, -0.2) is 0 Å². The summed E-state index contributed by atoms with van der Waals surface area (Å²) >= 11 is 1.38. The van der Waals surface area contributed by atoms with Crippen molar-refractivity contribution in [3.63, 3.8) is 0 Å². The zero-order chi connectivity index (χ0) is 19.1. The van der Waals surface area contributed by atoms with Crippen molar-refractivity contribution < 1.29 is 14.3 Å². The number of methoxy groups -OCH3 is 2. The minimum absolute atomic E-state index is 0.0223. The van der Waals surface area contributed by atoms with E-state index in [1.807, 2.05) is 35.8 Å². The molecule has 1 N–H and O–H groups in total. The highest BCUT2D eigenvalue weighted by molar-refractivity contribution is 7.99. The SMILES string of the molecule is COC[C@H](C)NC(=O)CSc1nnc(-c2ccc(OC)cc2)n1C(C)C. The molecule has 0 bridgehead atoms. The van der Waals surface area contributed by atoms with Crippen LogP contribution in [0.15, 0.2) is 29.4 Å². The van der Waals surface area contributed by atoms with Crippen LogP contribution in [0.2, 0.25) is 0 Å². The molecule has 1 atom stereocenters. The van der Waals surface area contributed by atoms with Crippen LogP contribution in [-0.2, 0) is 9.53 Å². The van der Waals surface area contributed by atoms with Gasteiger partial charge in [0.1, 0.15) is 5.75 Å². The van der Waals surface area contributed by atoms with Crippen molar-refractivity contribution in [1.82, 2.24) is 20.1 Å². The molecule has 26 heavy (non-hydrogen) atoms.